The van der Waals surface area contributed by atoms with E-state index in [1.54, 1.807) is 20.9 Å². The van der Waals surface area contributed by atoms with Gasteiger partial charge >= 0.3 is 6.03 Å². The number of nitrogens with one attached hydrogen (secondary N) is 1. The van der Waals surface area contributed by atoms with E-state index in [0.29, 0.717) is 5.13 Å². The predicted molar refractivity (Wildman–Crippen MR) is 81.1 cm³/mol. The molecule has 0 saturated heterocycles. The van der Waals surface area contributed by atoms with Crippen LogP contribution in [0.3, 0.4) is 0 Å². The van der Waals surface area contributed by atoms with Gasteiger partial charge in [0.1, 0.15) is 5.01 Å². The average molecular weight is 300 g/mol. The van der Waals surface area contributed by atoms with Gasteiger partial charge in [0.25, 0.3) is 0 Å². The van der Waals surface area contributed by atoms with Crippen molar-refractivity contribution in [3.8, 4) is 0 Å². The van der Waals surface area contributed by atoms with Gasteiger partial charge in [-0.05, 0) is 20.3 Å². The summed E-state index contributed by atoms with van der Waals surface area (Å²) in [7, 11) is 1.64. The molecule has 0 aliphatic heterocycles. The highest BCUT2D eigenvalue weighted by Gasteiger charge is 2.20. The van der Waals surface area contributed by atoms with Gasteiger partial charge in [-0.3, -0.25) is 5.32 Å². The zero-order valence-corrected chi connectivity index (χ0v) is 13.5. The Morgan fingerprint density at radius 1 is 1.40 bits per heavy atom. The molecule has 0 atom stereocenters. The first-order valence-electron chi connectivity index (χ1n) is 6.88. The molecule has 0 aliphatic rings. The van der Waals surface area contributed by atoms with Crippen LogP contribution in [0.1, 0.15) is 45.0 Å². The SMILES string of the molecule is CCCCCc1nnc(NC(=O)N(C)CC(C)(C)O)s1. The van der Waals surface area contributed by atoms with Crippen LogP contribution in [-0.2, 0) is 6.42 Å². The van der Waals surface area contributed by atoms with Gasteiger partial charge in [0.2, 0.25) is 5.13 Å². The Balaban J connectivity index is 2.46. The minimum atomic E-state index is -0.918. The molecule has 7 heteroatoms. The van der Waals surface area contributed by atoms with Crippen LogP contribution >= 0.6 is 11.3 Å². The van der Waals surface area contributed by atoms with E-state index in [1.165, 1.54) is 29.1 Å². The fraction of sp³-hybridized carbons (Fsp3) is 0.769. The smallest absolute Gasteiger partial charge is 0.323 e. The van der Waals surface area contributed by atoms with E-state index in [2.05, 4.69) is 22.4 Å². The number of aryl methyl sites for hydroxylation is 1. The molecule has 0 bridgehead atoms. The number of aliphatic hydroxyl groups is 1. The lowest BCUT2D eigenvalue weighted by Crippen LogP contribution is -2.41. The van der Waals surface area contributed by atoms with Crippen LogP contribution in [0, 0.1) is 0 Å². The first-order valence-corrected chi connectivity index (χ1v) is 7.70. The predicted octanol–water partition coefficient (Wildman–Crippen LogP) is 2.51. The Morgan fingerprint density at radius 3 is 2.70 bits per heavy atom. The van der Waals surface area contributed by atoms with Crippen LogP contribution < -0.4 is 5.32 Å². The number of aromatic nitrogens is 2. The second-order valence-electron chi connectivity index (χ2n) is 5.56. The molecule has 0 aliphatic carbocycles. The van der Waals surface area contributed by atoms with Crippen LogP contribution in [0.5, 0.6) is 0 Å². The highest BCUT2D eigenvalue weighted by molar-refractivity contribution is 7.15. The largest absolute Gasteiger partial charge is 0.389 e. The van der Waals surface area contributed by atoms with Crippen LogP contribution in [-0.4, -0.2) is 45.4 Å². The molecule has 1 rings (SSSR count). The first-order chi connectivity index (χ1) is 9.31. The maximum absolute atomic E-state index is 11.9. The minimum Gasteiger partial charge on any atom is -0.389 e. The molecule has 114 valence electrons. The molecule has 2 amide bonds. The van der Waals surface area contributed by atoms with Crippen molar-refractivity contribution in [3.05, 3.63) is 5.01 Å². The number of anilines is 1. The lowest BCUT2D eigenvalue weighted by molar-refractivity contribution is 0.0550. The van der Waals surface area contributed by atoms with Gasteiger partial charge in [-0.25, -0.2) is 4.79 Å². The van der Waals surface area contributed by atoms with Crippen molar-refractivity contribution in [3.63, 3.8) is 0 Å². The summed E-state index contributed by atoms with van der Waals surface area (Å²) in [5.74, 6) is 0. The van der Waals surface area contributed by atoms with E-state index in [4.69, 9.17) is 0 Å². The number of hydrogen-bond donors (Lipinski definition) is 2. The number of amides is 2. The lowest BCUT2D eigenvalue weighted by atomic mass is 10.1. The first kappa shape index (κ1) is 16.8. The van der Waals surface area contributed by atoms with Crippen LogP contribution in [0.2, 0.25) is 0 Å². The maximum atomic E-state index is 11.9. The monoisotopic (exact) mass is 300 g/mol. The zero-order valence-electron chi connectivity index (χ0n) is 12.6. The number of unbranched alkanes of at least 4 members (excludes halogenated alkanes) is 2. The molecule has 0 unspecified atom stereocenters. The average Bonchev–Trinajstić information content (AvgIpc) is 2.75. The van der Waals surface area contributed by atoms with Gasteiger partial charge in [-0.2, -0.15) is 0 Å². The summed E-state index contributed by atoms with van der Waals surface area (Å²) in [5.41, 5.74) is -0.918. The number of likely N-dealkylation sites (N-methyl/N-ethyl adjacent to an activating group) is 1. The molecule has 0 aromatic carbocycles. The van der Waals surface area contributed by atoms with Gasteiger partial charge < -0.3 is 10.0 Å². The molecule has 1 aromatic rings. The van der Waals surface area contributed by atoms with Gasteiger partial charge in [-0.1, -0.05) is 31.1 Å². The Bertz CT molecular complexity index is 428. The summed E-state index contributed by atoms with van der Waals surface area (Å²) in [5, 5.41) is 21.8. The van der Waals surface area contributed by atoms with Gasteiger partial charge in [-0.15, -0.1) is 10.2 Å². The van der Waals surface area contributed by atoms with Crippen molar-refractivity contribution in [2.24, 2.45) is 0 Å². The summed E-state index contributed by atoms with van der Waals surface area (Å²) in [6.45, 7) is 5.73. The summed E-state index contributed by atoms with van der Waals surface area (Å²) in [6.07, 6.45) is 4.35. The van der Waals surface area contributed by atoms with Crippen LogP contribution in [0.4, 0.5) is 9.93 Å². The van der Waals surface area contributed by atoms with Crippen molar-refractivity contribution in [2.45, 2.75) is 52.1 Å². The summed E-state index contributed by atoms with van der Waals surface area (Å²) in [6, 6.07) is -0.289. The molecule has 0 radical (unpaired) electrons. The van der Waals surface area contributed by atoms with Crippen molar-refractivity contribution in [1.82, 2.24) is 15.1 Å². The Hall–Kier alpha value is -1.21. The molecular weight excluding hydrogens is 276 g/mol. The fourth-order valence-corrected chi connectivity index (χ4v) is 2.54. The quantitative estimate of drug-likeness (QED) is 0.758. The van der Waals surface area contributed by atoms with E-state index in [-0.39, 0.29) is 12.6 Å². The lowest BCUT2D eigenvalue weighted by Gasteiger charge is -2.25. The Labute approximate surface area is 124 Å². The van der Waals surface area contributed by atoms with Crippen molar-refractivity contribution in [2.75, 3.05) is 18.9 Å². The Morgan fingerprint density at radius 2 is 2.10 bits per heavy atom. The second-order valence-corrected chi connectivity index (χ2v) is 6.62. The highest BCUT2D eigenvalue weighted by Crippen LogP contribution is 2.18. The summed E-state index contributed by atoms with van der Waals surface area (Å²) in [4.78, 5) is 13.3. The van der Waals surface area contributed by atoms with E-state index in [9.17, 15) is 9.90 Å². The van der Waals surface area contributed by atoms with Crippen molar-refractivity contribution in [1.29, 1.82) is 0 Å². The Kier molecular flexibility index (Phi) is 6.35. The van der Waals surface area contributed by atoms with Gasteiger partial charge in [0.15, 0.2) is 0 Å². The third kappa shape index (κ3) is 6.29. The van der Waals surface area contributed by atoms with Crippen LogP contribution in [0.15, 0.2) is 0 Å². The third-order valence-corrected chi connectivity index (χ3v) is 3.54. The molecular formula is C13H24N4O2S. The second kappa shape index (κ2) is 7.54. The maximum Gasteiger partial charge on any atom is 0.323 e. The fourth-order valence-electron chi connectivity index (χ4n) is 1.77. The van der Waals surface area contributed by atoms with Crippen molar-refractivity contribution >= 4 is 22.5 Å². The topological polar surface area (TPSA) is 78.4 Å². The van der Waals surface area contributed by atoms with Gasteiger partial charge in [0, 0.05) is 13.5 Å². The third-order valence-electron chi connectivity index (χ3n) is 2.65. The van der Waals surface area contributed by atoms with Crippen molar-refractivity contribution < 1.29 is 9.90 Å². The molecule has 6 nitrogen and oxygen atoms in total. The summed E-state index contributed by atoms with van der Waals surface area (Å²) >= 11 is 1.40. The number of carbonyl (C=O) groups excluding carboxylic acids is 1. The molecule has 1 aromatic heterocycles. The number of hydrogen-bond acceptors (Lipinski definition) is 5. The van der Waals surface area contributed by atoms with Gasteiger partial charge in [0.05, 0.1) is 12.1 Å². The minimum absolute atomic E-state index is 0.251. The molecule has 0 spiro atoms. The van der Waals surface area contributed by atoms with E-state index >= 15 is 0 Å². The van der Waals surface area contributed by atoms with E-state index in [1.807, 2.05) is 0 Å². The van der Waals surface area contributed by atoms with E-state index < -0.39 is 5.60 Å². The normalized spacial score (nSPS) is 11.4. The number of urea groups is 1. The zero-order chi connectivity index (χ0) is 15.2. The molecule has 1 heterocycles. The standard InChI is InChI=1S/C13H24N4O2S/c1-5-6-7-8-10-15-16-11(20-10)14-12(18)17(4)9-13(2,3)19/h19H,5-9H2,1-4H3,(H,14,16,18). The molecule has 2 N–H and O–H groups in total. The van der Waals surface area contributed by atoms with E-state index in [0.717, 1.165) is 17.8 Å². The summed E-state index contributed by atoms with van der Waals surface area (Å²) < 4.78 is 0. The molecule has 0 fully saturated rings. The molecule has 20 heavy (non-hydrogen) atoms. The number of nitrogens with zero attached hydrogens (tertiary/aromatic N) is 3. The highest BCUT2D eigenvalue weighted by atomic mass is 32.1. The number of rotatable bonds is 7. The molecule has 0 saturated carbocycles. The number of carbonyl (C=O) groups is 1. The van der Waals surface area contributed by atoms with Crippen LogP contribution in [0.25, 0.3) is 0 Å².